The Bertz CT molecular complexity index is 1090. The summed E-state index contributed by atoms with van der Waals surface area (Å²) in [5.41, 5.74) is 6.99. The molecule has 0 aliphatic carbocycles. The van der Waals surface area contributed by atoms with Gasteiger partial charge in [0.15, 0.2) is 0 Å². The van der Waals surface area contributed by atoms with E-state index >= 15 is 0 Å². The maximum absolute atomic E-state index is 14.1. The van der Waals surface area contributed by atoms with Crippen molar-refractivity contribution >= 4 is 5.69 Å². The van der Waals surface area contributed by atoms with Crippen molar-refractivity contribution in [1.82, 2.24) is 0 Å². The van der Waals surface area contributed by atoms with Crippen LogP contribution in [0, 0.1) is 22.9 Å². The Balaban J connectivity index is 1.77. The normalized spacial score (nSPS) is 13.2. The largest absolute Gasteiger partial charge is 0.269 e. The summed E-state index contributed by atoms with van der Waals surface area (Å²) < 4.78 is 14.1. The SMILES string of the molecule is Cc1cc(CC(C)c2ccc([N+](=O)[O-])cc2)cc(C(C)Cc2cc(F)cc(C(C)C)c2)c1. The predicted molar refractivity (Wildman–Crippen MR) is 129 cm³/mol. The van der Waals surface area contributed by atoms with Crippen LogP contribution in [0.25, 0.3) is 0 Å². The van der Waals surface area contributed by atoms with E-state index in [1.807, 2.05) is 12.1 Å². The van der Waals surface area contributed by atoms with Crippen molar-refractivity contribution in [3.05, 3.63) is 110 Å². The number of benzene rings is 3. The first-order valence-corrected chi connectivity index (χ1v) is 11.3. The van der Waals surface area contributed by atoms with Gasteiger partial charge in [-0.1, -0.05) is 69.7 Å². The van der Waals surface area contributed by atoms with Gasteiger partial charge in [-0.05, 0) is 77.5 Å². The van der Waals surface area contributed by atoms with Crippen molar-refractivity contribution in [2.45, 2.75) is 65.2 Å². The van der Waals surface area contributed by atoms with Crippen molar-refractivity contribution < 1.29 is 9.31 Å². The fraction of sp³-hybridized carbons (Fsp3) is 0.357. The first-order valence-electron chi connectivity index (χ1n) is 11.3. The molecule has 3 rings (SSSR count). The average Bonchev–Trinajstić information content (AvgIpc) is 2.72. The molecular formula is C28H32FNO2. The van der Waals surface area contributed by atoms with Gasteiger partial charge in [-0.2, -0.15) is 0 Å². The number of hydrogen-bond donors (Lipinski definition) is 0. The van der Waals surface area contributed by atoms with Gasteiger partial charge in [-0.3, -0.25) is 10.1 Å². The van der Waals surface area contributed by atoms with Crippen LogP contribution in [0.2, 0.25) is 0 Å². The minimum atomic E-state index is -0.370. The second-order valence-electron chi connectivity index (χ2n) is 9.36. The first-order chi connectivity index (χ1) is 15.1. The van der Waals surface area contributed by atoms with Gasteiger partial charge in [0.05, 0.1) is 4.92 Å². The quantitative estimate of drug-likeness (QED) is 0.268. The smallest absolute Gasteiger partial charge is 0.258 e. The van der Waals surface area contributed by atoms with Crippen LogP contribution in [-0.2, 0) is 12.8 Å². The van der Waals surface area contributed by atoms with Crippen molar-refractivity contribution in [2.24, 2.45) is 0 Å². The summed E-state index contributed by atoms with van der Waals surface area (Å²) in [5.74, 6) is 0.647. The van der Waals surface area contributed by atoms with Gasteiger partial charge in [0.2, 0.25) is 0 Å². The summed E-state index contributed by atoms with van der Waals surface area (Å²) in [6, 6.07) is 18.9. The highest BCUT2D eigenvalue weighted by Crippen LogP contribution is 2.28. The molecule has 0 radical (unpaired) electrons. The topological polar surface area (TPSA) is 43.1 Å². The van der Waals surface area contributed by atoms with Gasteiger partial charge in [0.25, 0.3) is 5.69 Å². The predicted octanol–water partition coefficient (Wildman–Crippen LogP) is 7.86. The number of nitro benzene ring substituents is 1. The molecule has 168 valence electrons. The van der Waals surface area contributed by atoms with Crippen LogP contribution in [-0.4, -0.2) is 4.92 Å². The second-order valence-corrected chi connectivity index (χ2v) is 9.36. The molecule has 2 atom stereocenters. The second kappa shape index (κ2) is 10.1. The Morgan fingerprint density at radius 2 is 1.34 bits per heavy atom. The Kier molecular flexibility index (Phi) is 7.44. The molecule has 3 nitrogen and oxygen atoms in total. The van der Waals surface area contributed by atoms with Crippen molar-refractivity contribution in [1.29, 1.82) is 0 Å². The minimum Gasteiger partial charge on any atom is -0.258 e. The fourth-order valence-electron chi connectivity index (χ4n) is 4.29. The maximum atomic E-state index is 14.1. The summed E-state index contributed by atoms with van der Waals surface area (Å²) in [4.78, 5) is 10.5. The van der Waals surface area contributed by atoms with E-state index in [4.69, 9.17) is 0 Å². The number of nitro groups is 1. The highest BCUT2D eigenvalue weighted by molar-refractivity contribution is 5.37. The molecule has 0 N–H and O–H groups in total. The standard InChI is InChI=1S/C28H32FNO2/c1-18(2)25-14-23(16-27(29)17-25)13-21(5)26-11-19(3)10-22(15-26)12-20(4)24-6-8-28(9-7-24)30(31)32/h6-11,14-18,20-21H,12-13H2,1-5H3. The molecule has 0 aromatic heterocycles. The molecule has 4 heteroatoms. The lowest BCUT2D eigenvalue weighted by molar-refractivity contribution is -0.384. The number of non-ortho nitro benzene ring substituents is 1. The summed E-state index contributed by atoms with van der Waals surface area (Å²) in [7, 11) is 0. The fourth-order valence-corrected chi connectivity index (χ4v) is 4.29. The molecule has 0 aliphatic heterocycles. The van der Waals surface area contributed by atoms with Gasteiger partial charge in [0.1, 0.15) is 5.82 Å². The Labute approximate surface area is 190 Å². The molecule has 0 saturated carbocycles. The monoisotopic (exact) mass is 433 g/mol. The number of halogens is 1. The van der Waals surface area contributed by atoms with Crippen LogP contribution in [0.15, 0.2) is 60.7 Å². The van der Waals surface area contributed by atoms with E-state index in [9.17, 15) is 14.5 Å². The molecule has 3 aromatic rings. The van der Waals surface area contributed by atoms with E-state index < -0.39 is 0 Å². The number of rotatable bonds is 8. The third kappa shape index (κ3) is 6.03. The average molecular weight is 434 g/mol. The lowest BCUT2D eigenvalue weighted by Gasteiger charge is -2.18. The van der Waals surface area contributed by atoms with E-state index in [0.717, 1.165) is 29.5 Å². The van der Waals surface area contributed by atoms with Crippen molar-refractivity contribution in [3.8, 4) is 0 Å². The van der Waals surface area contributed by atoms with Crippen molar-refractivity contribution in [2.75, 3.05) is 0 Å². The molecule has 32 heavy (non-hydrogen) atoms. The van der Waals surface area contributed by atoms with E-state index in [1.165, 1.54) is 16.7 Å². The van der Waals surface area contributed by atoms with Crippen molar-refractivity contribution in [3.63, 3.8) is 0 Å². The van der Waals surface area contributed by atoms with Crippen LogP contribution in [0.5, 0.6) is 0 Å². The van der Waals surface area contributed by atoms with E-state index in [-0.39, 0.29) is 28.3 Å². The molecule has 0 heterocycles. The van der Waals surface area contributed by atoms with Crippen LogP contribution < -0.4 is 0 Å². The van der Waals surface area contributed by atoms with Gasteiger partial charge in [0, 0.05) is 12.1 Å². The molecule has 0 aliphatic rings. The summed E-state index contributed by atoms with van der Waals surface area (Å²) in [5, 5.41) is 10.9. The van der Waals surface area contributed by atoms with Gasteiger partial charge >= 0.3 is 0 Å². The van der Waals surface area contributed by atoms with E-state index in [2.05, 4.69) is 58.9 Å². The molecule has 2 unspecified atom stereocenters. The Hall–Kier alpha value is -3.01. The highest BCUT2D eigenvalue weighted by atomic mass is 19.1. The van der Waals surface area contributed by atoms with E-state index in [1.54, 1.807) is 24.3 Å². The molecule has 0 saturated heterocycles. The van der Waals surface area contributed by atoms with Crippen LogP contribution in [0.1, 0.15) is 78.8 Å². The zero-order valence-electron chi connectivity index (χ0n) is 19.6. The van der Waals surface area contributed by atoms with Gasteiger partial charge in [-0.15, -0.1) is 0 Å². The highest BCUT2D eigenvalue weighted by Gasteiger charge is 2.14. The molecule has 0 bridgehead atoms. The zero-order valence-corrected chi connectivity index (χ0v) is 19.6. The molecule has 0 amide bonds. The van der Waals surface area contributed by atoms with E-state index in [0.29, 0.717) is 5.92 Å². The van der Waals surface area contributed by atoms with Crippen LogP contribution >= 0.6 is 0 Å². The number of nitrogens with zero attached hydrogens (tertiary/aromatic N) is 1. The third-order valence-corrected chi connectivity index (χ3v) is 6.13. The maximum Gasteiger partial charge on any atom is 0.269 e. The lowest BCUT2D eigenvalue weighted by Crippen LogP contribution is -2.04. The summed E-state index contributed by atoms with van der Waals surface area (Å²) in [6.45, 7) is 10.6. The van der Waals surface area contributed by atoms with Gasteiger partial charge in [-0.25, -0.2) is 4.39 Å². The Morgan fingerprint density at radius 1 is 0.781 bits per heavy atom. The Morgan fingerprint density at radius 3 is 1.94 bits per heavy atom. The number of aryl methyl sites for hydroxylation is 1. The lowest BCUT2D eigenvalue weighted by atomic mass is 9.87. The summed E-state index contributed by atoms with van der Waals surface area (Å²) >= 11 is 0. The minimum absolute atomic E-state index is 0.116. The zero-order chi connectivity index (χ0) is 23.4. The summed E-state index contributed by atoms with van der Waals surface area (Å²) in [6.07, 6.45) is 1.65. The van der Waals surface area contributed by atoms with Gasteiger partial charge < -0.3 is 0 Å². The first kappa shape index (κ1) is 23.6. The molecule has 3 aromatic carbocycles. The van der Waals surface area contributed by atoms with Crippen LogP contribution in [0.4, 0.5) is 10.1 Å². The third-order valence-electron chi connectivity index (χ3n) is 6.13. The van der Waals surface area contributed by atoms with Crippen LogP contribution in [0.3, 0.4) is 0 Å². The molecular weight excluding hydrogens is 401 g/mol. The molecule has 0 fully saturated rings. The number of hydrogen-bond acceptors (Lipinski definition) is 2. The molecule has 0 spiro atoms.